The predicted octanol–water partition coefficient (Wildman–Crippen LogP) is 3.00. The molecule has 0 saturated heterocycles. The molecule has 0 aliphatic heterocycles. The van der Waals surface area contributed by atoms with Gasteiger partial charge in [0.25, 0.3) is 0 Å². The Labute approximate surface area is 130 Å². The zero-order valence-corrected chi connectivity index (χ0v) is 14.1. The van der Waals surface area contributed by atoms with E-state index in [-0.39, 0.29) is 0 Å². The predicted molar refractivity (Wildman–Crippen MR) is 86.8 cm³/mol. The van der Waals surface area contributed by atoms with E-state index in [0.717, 1.165) is 32.1 Å². The molecule has 126 valence electrons. The molecule has 0 heterocycles. The van der Waals surface area contributed by atoms with Crippen LogP contribution in [0.25, 0.3) is 0 Å². The van der Waals surface area contributed by atoms with Crippen LogP contribution >= 0.6 is 0 Å². The first-order valence-corrected chi connectivity index (χ1v) is 8.81. The number of rotatable bonds is 13. The Bertz CT molecular complexity index is 226. The summed E-state index contributed by atoms with van der Waals surface area (Å²) >= 11 is 0. The topological polar surface area (TPSA) is 39.7 Å². The first-order valence-electron chi connectivity index (χ1n) is 8.81. The fourth-order valence-electron chi connectivity index (χ4n) is 2.72. The lowest BCUT2D eigenvalue weighted by Crippen LogP contribution is -2.39. The van der Waals surface area contributed by atoms with Crippen molar-refractivity contribution >= 4 is 0 Å². The van der Waals surface area contributed by atoms with Crippen molar-refractivity contribution in [2.75, 3.05) is 46.2 Å². The Morgan fingerprint density at radius 1 is 0.857 bits per heavy atom. The maximum atomic E-state index is 5.58. The van der Waals surface area contributed by atoms with Gasteiger partial charge in [-0.3, -0.25) is 0 Å². The summed E-state index contributed by atoms with van der Waals surface area (Å²) in [5.74, 6) is 0.815. The van der Waals surface area contributed by atoms with E-state index in [2.05, 4.69) is 19.2 Å². The molecule has 1 fully saturated rings. The summed E-state index contributed by atoms with van der Waals surface area (Å²) in [7, 11) is 0. The molecule has 1 aliphatic rings. The van der Waals surface area contributed by atoms with E-state index in [1.54, 1.807) is 0 Å². The number of unbranched alkanes of at least 4 members (excludes halogenated alkanes) is 1. The lowest BCUT2D eigenvalue weighted by molar-refractivity contribution is 0.0140. The van der Waals surface area contributed by atoms with Crippen LogP contribution in [0, 0.1) is 5.92 Å². The standard InChI is InChI=1S/C17H35NO3/c1-3-4-10-19-12-14-21-15-13-20-11-9-18-17-8-6-5-7-16(17)2/h16-18H,3-15H2,1-2H3. The first-order chi connectivity index (χ1) is 10.3. The third-order valence-corrected chi connectivity index (χ3v) is 4.15. The smallest absolute Gasteiger partial charge is 0.0701 e. The summed E-state index contributed by atoms with van der Waals surface area (Å²) < 4.78 is 16.5. The molecule has 4 heteroatoms. The third-order valence-electron chi connectivity index (χ3n) is 4.15. The molecule has 0 aromatic rings. The largest absolute Gasteiger partial charge is 0.379 e. The molecule has 0 aromatic carbocycles. The second-order valence-corrected chi connectivity index (χ2v) is 6.01. The summed E-state index contributed by atoms with van der Waals surface area (Å²) in [6.07, 6.45) is 7.78. The molecule has 0 spiro atoms. The number of nitrogens with one attached hydrogen (secondary N) is 1. The minimum atomic E-state index is 0.664. The van der Waals surface area contributed by atoms with Crippen molar-refractivity contribution < 1.29 is 14.2 Å². The molecular weight excluding hydrogens is 266 g/mol. The quantitative estimate of drug-likeness (QED) is 0.531. The molecule has 1 aliphatic carbocycles. The summed E-state index contributed by atoms with van der Waals surface area (Å²) in [6.45, 7) is 9.81. The van der Waals surface area contributed by atoms with Gasteiger partial charge >= 0.3 is 0 Å². The minimum absolute atomic E-state index is 0.664. The number of ether oxygens (including phenoxy) is 3. The van der Waals surface area contributed by atoms with E-state index in [1.807, 2.05) is 0 Å². The molecule has 0 bridgehead atoms. The van der Waals surface area contributed by atoms with E-state index in [0.29, 0.717) is 32.5 Å². The Kier molecular flexibility index (Phi) is 12.1. The van der Waals surface area contributed by atoms with Gasteiger partial charge in [0, 0.05) is 19.2 Å². The van der Waals surface area contributed by atoms with Gasteiger partial charge in [0.15, 0.2) is 0 Å². The molecule has 4 nitrogen and oxygen atoms in total. The van der Waals surface area contributed by atoms with Crippen LogP contribution in [0.3, 0.4) is 0 Å². The van der Waals surface area contributed by atoms with Gasteiger partial charge in [0.2, 0.25) is 0 Å². The first kappa shape index (κ1) is 18.9. The number of hydrogen-bond acceptors (Lipinski definition) is 4. The van der Waals surface area contributed by atoms with Crippen molar-refractivity contribution in [1.82, 2.24) is 5.32 Å². The molecular formula is C17H35NO3. The average Bonchev–Trinajstić information content (AvgIpc) is 2.50. The van der Waals surface area contributed by atoms with Crippen molar-refractivity contribution in [3.05, 3.63) is 0 Å². The number of hydrogen-bond donors (Lipinski definition) is 1. The molecule has 0 radical (unpaired) electrons. The van der Waals surface area contributed by atoms with Crippen molar-refractivity contribution in [2.45, 2.75) is 58.4 Å². The van der Waals surface area contributed by atoms with Crippen molar-refractivity contribution in [3.8, 4) is 0 Å². The molecule has 0 amide bonds. The van der Waals surface area contributed by atoms with Crippen LogP contribution in [0.15, 0.2) is 0 Å². The summed E-state index contributed by atoms with van der Waals surface area (Å²) in [5, 5.41) is 3.62. The lowest BCUT2D eigenvalue weighted by atomic mass is 9.86. The third kappa shape index (κ3) is 10.2. The average molecular weight is 301 g/mol. The van der Waals surface area contributed by atoms with Crippen LogP contribution in [0.1, 0.15) is 52.4 Å². The van der Waals surface area contributed by atoms with Gasteiger partial charge in [-0.1, -0.05) is 33.1 Å². The van der Waals surface area contributed by atoms with Gasteiger partial charge < -0.3 is 19.5 Å². The van der Waals surface area contributed by atoms with E-state index >= 15 is 0 Å². The van der Waals surface area contributed by atoms with Gasteiger partial charge in [-0.25, -0.2) is 0 Å². The van der Waals surface area contributed by atoms with Gasteiger partial charge in [0.1, 0.15) is 0 Å². The maximum absolute atomic E-state index is 5.58. The minimum Gasteiger partial charge on any atom is -0.379 e. The lowest BCUT2D eigenvalue weighted by Gasteiger charge is -2.29. The van der Waals surface area contributed by atoms with Crippen LogP contribution in [0.2, 0.25) is 0 Å². The van der Waals surface area contributed by atoms with Gasteiger partial charge in [-0.05, 0) is 25.2 Å². The zero-order chi connectivity index (χ0) is 15.2. The highest BCUT2D eigenvalue weighted by Crippen LogP contribution is 2.23. The fourth-order valence-corrected chi connectivity index (χ4v) is 2.72. The second kappa shape index (κ2) is 13.5. The van der Waals surface area contributed by atoms with Gasteiger partial charge in [-0.2, -0.15) is 0 Å². The summed E-state index contributed by atoms with van der Waals surface area (Å²) in [4.78, 5) is 0. The Morgan fingerprint density at radius 3 is 2.14 bits per heavy atom. The highest BCUT2D eigenvalue weighted by atomic mass is 16.5. The SMILES string of the molecule is CCCCOCCOCCOCCNC1CCCCC1C. The molecule has 1 rings (SSSR count). The van der Waals surface area contributed by atoms with Crippen molar-refractivity contribution in [1.29, 1.82) is 0 Å². The molecule has 2 unspecified atom stereocenters. The van der Waals surface area contributed by atoms with Crippen molar-refractivity contribution in [2.24, 2.45) is 5.92 Å². The summed E-state index contributed by atoms with van der Waals surface area (Å²) in [6, 6.07) is 0.693. The van der Waals surface area contributed by atoms with Gasteiger partial charge in [-0.15, -0.1) is 0 Å². The molecule has 1 N–H and O–H groups in total. The Morgan fingerprint density at radius 2 is 1.48 bits per heavy atom. The van der Waals surface area contributed by atoms with Gasteiger partial charge in [0.05, 0.1) is 33.0 Å². The van der Waals surface area contributed by atoms with E-state index in [4.69, 9.17) is 14.2 Å². The van der Waals surface area contributed by atoms with E-state index in [1.165, 1.54) is 32.1 Å². The normalized spacial score (nSPS) is 22.6. The maximum Gasteiger partial charge on any atom is 0.0701 e. The van der Waals surface area contributed by atoms with Crippen LogP contribution in [0.5, 0.6) is 0 Å². The highest BCUT2D eigenvalue weighted by molar-refractivity contribution is 4.77. The van der Waals surface area contributed by atoms with Crippen LogP contribution in [-0.4, -0.2) is 52.2 Å². The van der Waals surface area contributed by atoms with E-state index in [9.17, 15) is 0 Å². The highest BCUT2D eigenvalue weighted by Gasteiger charge is 2.19. The molecule has 1 saturated carbocycles. The van der Waals surface area contributed by atoms with Crippen LogP contribution in [-0.2, 0) is 14.2 Å². The Balaban J connectivity index is 1.76. The molecule has 21 heavy (non-hydrogen) atoms. The molecule has 2 atom stereocenters. The fraction of sp³-hybridized carbons (Fsp3) is 1.00. The van der Waals surface area contributed by atoms with E-state index < -0.39 is 0 Å². The van der Waals surface area contributed by atoms with Crippen LogP contribution < -0.4 is 5.32 Å². The van der Waals surface area contributed by atoms with Crippen LogP contribution in [0.4, 0.5) is 0 Å². The molecule has 0 aromatic heterocycles. The summed E-state index contributed by atoms with van der Waals surface area (Å²) in [5.41, 5.74) is 0. The zero-order valence-electron chi connectivity index (χ0n) is 14.1. The Hall–Kier alpha value is -0.160. The second-order valence-electron chi connectivity index (χ2n) is 6.01. The monoisotopic (exact) mass is 301 g/mol. The van der Waals surface area contributed by atoms with Crippen molar-refractivity contribution in [3.63, 3.8) is 0 Å².